The lowest BCUT2D eigenvalue weighted by Gasteiger charge is -2.18. The van der Waals surface area contributed by atoms with Crippen LogP contribution in [0.3, 0.4) is 0 Å². The van der Waals surface area contributed by atoms with Crippen molar-refractivity contribution < 1.29 is 28.6 Å². The van der Waals surface area contributed by atoms with Crippen molar-refractivity contribution in [3.05, 3.63) is 35.1 Å². The lowest BCUT2D eigenvalue weighted by Crippen LogP contribution is -2.26. The Morgan fingerprint density at radius 1 is 1.08 bits per heavy atom. The summed E-state index contributed by atoms with van der Waals surface area (Å²) in [6, 6.07) is 0. The van der Waals surface area contributed by atoms with Crippen LogP contribution in [0.2, 0.25) is 0 Å². The number of esters is 3. The Hall–Kier alpha value is -2.37. The third-order valence-electron chi connectivity index (χ3n) is 3.78. The molecule has 25 heavy (non-hydrogen) atoms. The maximum atomic E-state index is 12.1. The first kappa shape index (κ1) is 20.7. The smallest absolute Gasteiger partial charge is 0.320 e. The molecule has 0 aromatic heterocycles. The summed E-state index contributed by atoms with van der Waals surface area (Å²) in [7, 11) is 2.46. The van der Waals surface area contributed by atoms with Gasteiger partial charge in [-0.3, -0.25) is 14.4 Å². The van der Waals surface area contributed by atoms with Crippen LogP contribution >= 0.6 is 0 Å². The van der Waals surface area contributed by atoms with Crippen molar-refractivity contribution in [2.75, 3.05) is 14.2 Å². The van der Waals surface area contributed by atoms with E-state index in [1.54, 1.807) is 32.9 Å². The quantitative estimate of drug-likeness (QED) is 0.431. The van der Waals surface area contributed by atoms with E-state index in [1.807, 2.05) is 13.0 Å². The second-order valence-corrected chi connectivity index (χ2v) is 6.89. The molecule has 1 aliphatic rings. The minimum absolute atomic E-state index is 0.181. The number of hydrogen-bond donors (Lipinski definition) is 0. The molecule has 0 aromatic rings. The zero-order valence-electron chi connectivity index (χ0n) is 15.7. The topological polar surface area (TPSA) is 78.9 Å². The highest BCUT2D eigenvalue weighted by molar-refractivity contribution is 5.95. The largest absolute Gasteiger partial charge is 0.468 e. The molecule has 0 N–H and O–H groups in total. The summed E-state index contributed by atoms with van der Waals surface area (Å²) in [6.45, 7) is 7.19. The molecule has 0 saturated carbocycles. The van der Waals surface area contributed by atoms with Gasteiger partial charge < -0.3 is 14.2 Å². The van der Waals surface area contributed by atoms with Crippen LogP contribution in [-0.4, -0.2) is 32.1 Å². The Kier molecular flexibility index (Phi) is 7.15. The molecule has 0 amide bonds. The van der Waals surface area contributed by atoms with Gasteiger partial charge in [0.1, 0.15) is 5.76 Å². The molecule has 0 aromatic carbocycles. The lowest BCUT2D eigenvalue weighted by atomic mass is 9.97. The van der Waals surface area contributed by atoms with E-state index in [0.29, 0.717) is 12.2 Å². The van der Waals surface area contributed by atoms with E-state index in [-0.39, 0.29) is 12.4 Å². The number of carbonyl (C=O) groups excluding carboxylic acids is 3. The molecule has 0 spiro atoms. The van der Waals surface area contributed by atoms with Crippen molar-refractivity contribution in [1.82, 2.24) is 0 Å². The van der Waals surface area contributed by atoms with Gasteiger partial charge in [-0.15, -0.1) is 0 Å². The molecule has 1 aliphatic carbocycles. The van der Waals surface area contributed by atoms with Crippen molar-refractivity contribution >= 4 is 17.9 Å². The van der Waals surface area contributed by atoms with E-state index >= 15 is 0 Å². The molecule has 1 rings (SSSR count). The van der Waals surface area contributed by atoms with Crippen LogP contribution in [0, 0.1) is 11.3 Å². The van der Waals surface area contributed by atoms with E-state index in [2.05, 4.69) is 9.47 Å². The van der Waals surface area contributed by atoms with Crippen molar-refractivity contribution in [1.29, 1.82) is 0 Å². The zero-order valence-corrected chi connectivity index (χ0v) is 15.7. The van der Waals surface area contributed by atoms with E-state index in [0.717, 1.165) is 11.1 Å². The van der Waals surface area contributed by atoms with E-state index < -0.39 is 23.3 Å². The van der Waals surface area contributed by atoms with E-state index in [9.17, 15) is 14.4 Å². The lowest BCUT2D eigenvalue weighted by molar-refractivity contribution is -0.158. The SMILES string of the molecule is COC(=O)C(CC1=CC=C(OC(=O)C(C)(C)C)C(C)=CC1)C(=O)OC. The average molecular weight is 350 g/mol. The molecule has 0 unspecified atom stereocenters. The van der Waals surface area contributed by atoms with E-state index in [4.69, 9.17) is 4.74 Å². The van der Waals surface area contributed by atoms with Gasteiger partial charge in [0.05, 0.1) is 19.6 Å². The molecular formula is C19H26O6. The van der Waals surface area contributed by atoms with Crippen LogP contribution in [-0.2, 0) is 28.6 Å². The third kappa shape index (κ3) is 5.89. The van der Waals surface area contributed by atoms with Crippen molar-refractivity contribution in [2.24, 2.45) is 11.3 Å². The maximum absolute atomic E-state index is 12.1. The monoisotopic (exact) mass is 350 g/mol. The number of hydrogen-bond acceptors (Lipinski definition) is 6. The summed E-state index contributed by atoms with van der Waals surface area (Å²) in [4.78, 5) is 35.7. The predicted octanol–water partition coefficient (Wildman–Crippen LogP) is 3.09. The Morgan fingerprint density at radius 3 is 2.12 bits per heavy atom. The highest BCUT2D eigenvalue weighted by atomic mass is 16.5. The average Bonchev–Trinajstić information content (AvgIpc) is 2.73. The summed E-state index contributed by atoms with van der Waals surface area (Å²) < 4.78 is 14.8. The second kappa shape index (κ2) is 8.65. The molecule has 6 nitrogen and oxygen atoms in total. The highest BCUT2D eigenvalue weighted by Crippen LogP contribution is 2.26. The molecule has 0 fully saturated rings. The van der Waals surface area contributed by atoms with Gasteiger partial charge >= 0.3 is 17.9 Å². The van der Waals surface area contributed by atoms with Crippen LogP contribution in [0.4, 0.5) is 0 Å². The standard InChI is InChI=1S/C19H26O6/c1-12-7-8-13(11-14(16(20)23-5)17(21)24-6)9-10-15(12)25-18(22)19(2,3)4/h7,9-10,14H,8,11H2,1-6H3. The first-order chi connectivity index (χ1) is 11.6. The number of carbonyl (C=O) groups is 3. The fourth-order valence-electron chi connectivity index (χ4n) is 2.11. The minimum atomic E-state index is -1.01. The minimum Gasteiger partial charge on any atom is -0.468 e. The second-order valence-electron chi connectivity index (χ2n) is 6.89. The van der Waals surface area contributed by atoms with Gasteiger partial charge in [-0.25, -0.2) is 0 Å². The van der Waals surface area contributed by atoms with Gasteiger partial charge in [-0.1, -0.05) is 17.7 Å². The molecular weight excluding hydrogens is 324 g/mol. The third-order valence-corrected chi connectivity index (χ3v) is 3.78. The summed E-state index contributed by atoms with van der Waals surface area (Å²) in [5, 5.41) is 0. The van der Waals surface area contributed by atoms with Gasteiger partial charge in [0.2, 0.25) is 0 Å². The fraction of sp³-hybridized carbons (Fsp3) is 0.526. The predicted molar refractivity (Wildman–Crippen MR) is 92.2 cm³/mol. The molecule has 0 saturated heterocycles. The van der Waals surface area contributed by atoms with Crippen molar-refractivity contribution in [3.8, 4) is 0 Å². The van der Waals surface area contributed by atoms with Crippen molar-refractivity contribution in [3.63, 3.8) is 0 Å². The summed E-state index contributed by atoms with van der Waals surface area (Å²) >= 11 is 0. The van der Waals surface area contributed by atoms with Crippen LogP contribution in [0.1, 0.15) is 40.5 Å². The Labute approximate surface area is 148 Å². The number of allylic oxidation sites excluding steroid dienone is 5. The molecule has 0 radical (unpaired) electrons. The van der Waals surface area contributed by atoms with Crippen LogP contribution in [0.15, 0.2) is 35.1 Å². The normalized spacial score (nSPS) is 14.8. The van der Waals surface area contributed by atoms with Gasteiger partial charge in [0.15, 0.2) is 5.92 Å². The summed E-state index contributed by atoms with van der Waals surface area (Å²) in [5.74, 6) is -2.16. The Balaban J connectivity index is 2.98. The Bertz CT molecular complexity index is 615. The van der Waals surface area contributed by atoms with Crippen molar-refractivity contribution in [2.45, 2.75) is 40.5 Å². The fourth-order valence-corrected chi connectivity index (χ4v) is 2.11. The molecule has 0 aliphatic heterocycles. The first-order valence-electron chi connectivity index (χ1n) is 8.05. The molecule has 0 bridgehead atoms. The molecule has 6 heteroatoms. The van der Waals surface area contributed by atoms with Gasteiger partial charge in [0, 0.05) is 0 Å². The van der Waals surface area contributed by atoms with Crippen LogP contribution in [0.25, 0.3) is 0 Å². The van der Waals surface area contributed by atoms with Crippen LogP contribution < -0.4 is 0 Å². The van der Waals surface area contributed by atoms with Gasteiger partial charge in [-0.2, -0.15) is 0 Å². The summed E-state index contributed by atoms with van der Waals surface area (Å²) in [6.07, 6.45) is 6.05. The number of rotatable bonds is 5. The summed E-state index contributed by atoms with van der Waals surface area (Å²) in [5.41, 5.74) is 1.04. The highest BCUT2D eigenvalue weighted by Gasteiger charge is 2.30. The number of ether oxygens (including phenoxy) is 3. The van der Waals surface area contributed by atoms with Gasteiger partial charge in [-0.05, 0) is 52.2 Å². The molecule has 0 atom stereocenters. The first-order valence-corrected chi connectivity index (χ1v) is 8.05. The maximum Gasteiger partial charge on any atom is 0.320 e. The zero-order chi connectivity index (χ0) is 19.2. The van der Waals surface area contributed by atoms with Crippen LogP contribution in [0.5, 0.6) is 0 Å². The number of methoxy groups -OCH3 is 2. The van der Waals surface area contributed by atoms with E-state index in [1.165, 1.54) is 14.2 Å². The molecule has 0 heterocycles. The molecule has 138 valence electrons. The Morgan fingerprint density at radius 2 is 1.64 bits per heavy atom. The van der Waals surface area contributed by atoms with Gasteiger partial charge in [0.25, 0.3) is 0 Å².